The van der Waals surface area contributed by atoms with Crippen LogP contribution in [0.3, 0.4) is 0 Å². The molecule has 142 valence electrons. The van der Waals surface area contributed by atoms with E-state index in [1.807, 2.05) is 85.8 Å². The summed E-state index contributed by atoms with van der Waals surface area (Å²) < 4.78 is 11.3. The lowest BCUT2D eigenvalue weighted by Crippen LogP contribution is -2.24. The van der Waals surface area contributed by atoms with Gasteiger partial charge >= 0.3 is 0 Å². The van der Waals surface area contributed by atoms with Crippen molar-refractivity contribution in [3.63, 3.8) is 0 Å². The van der Waals surface area contributed by atoms with E-state index in [0.717, 1.165) is 16.7 Å². The molecule has 5 nitrogen and oxygen atoms in total. The second kappa shape index (κ2) is 9.92. The highest BCUT2D eigenvalue weighted by molar-refractivity contribution is 5.85. The lowest BCUT2D eigenvalue weighted by atomic mass is 10.2. The molecule has 0 radical (unpaired) electrons. The van der Waals surface area contributed by atoms with Gasteiger partial charge in [0.15, 0.2) is 6.61 Å². The van der Waals surface area contributed by atoms with E-state index in [4.69, 9.17) is 9.47 Å². The summed E-state index contributed by atoms with van der Waals surface area (Å²) in [6.45, 7) is 2.35. The zero-order valence-corrected chi connectivity index (χ0v) is 15.7. The van der Waals surface area contributed by atoms with Crippen LogP contribution < -0.4 is 14.9 Å². The van der Waals surface area contributed by atoms with Crippen LogP contribution in [-0.4, -0.2) is 18.7 Å². The zero-order chi connectivity index (χ0) is 19.6. The first-order chi connectivity index (χ1) is 13.7. The maximum absolute atomic E-state index is 11.9. The predicted octanol–water partition coefficient (Wildman–Crippen LogP) is 4.10. The number of nitrogens with one attached hydrogen (secondary N) is 1. The quantitative estimate of drug-likeness (QED) is 0.477. The summed E-state index contributed by atoms with van der Waals surface area (Å²) in [6, 6.07) is 25.0. The monoisotopic (exact) mass is 374 g/mol. The van der Waals surface area contributed by atoms with Gasteiger partial charge in [-0.15, -0.1) is 0 Å². The van der Waals surface area contributed by atoms with Crippen molar-refractivity contribution in [1.82, 2.24) is 5.43 Å². The Bertz CT molecular complexity index is 922. The van der Waals surface area contributed by atoms with Gasteiger partial charge in [-0.25, -0.2) is 5.43 Å². The van der Waals surface area contributed by atoms with E-state index < -0.39 is 0 Å². The summed E-state index contributed by atoms with van der Waals surface area (Å²) in [7, 11) is 0. The first-order valence-corrected chi connectivity index (χ1v) is 8.98. The number of rotatable bonds is 8. The van der Waals surface area contributed by atoms with Crippen molar-refractivity contribution in [3.05, 3.63) is 95.6 Å². The van der Waals surface area contributed by atoms with E-state index in [-0.39, 0.29) is 12.5 Å². The normalized spacial score (nSPS) is 10.6. The van der Waals surface area contributed by atoms with Gasteiger partial charge in [0.1, 0.15) is 18.1 Å². The minimum absolute atomic E-state index is 0.105. The van der Waals surface area contributed by atoms with Crippen LogP contribution in [0.15, 0.2) is 84.0 Å². The summed E-state index contributed by atoms with van der Waals surface area (Å²) in [5.41, 5.74) is 5.45. The molecule has 1 amide bonds. The number of hydrazone groups is 1. The number of ether oxygens (including phenoxy) is 2. The molecule has 0 aromatic heterocycles. The highest BCUT2D eigenvalue weighted by atomic mass is 16.5. The van der Waals surface area contributed by atoms with Gasteiger partial charge in [-0.05, 0) is 36.8 Å². The van der Waals surface area contributed by atoms with Crippen LogP contribution in [0.5, 0.6) is 11.5 Å². The minimum atomic E-state index is -0.334. The maximum Gasteiger partial charge on any atom is 0.277 e. The van der Waals surface area contributed by atoms with E-state index >= 15 is 0 Å². The van der Waals surface area contributed by atoms with E-state index in [1.54, 1.807) is 6.21 Å². The summed E-state index contributed by atoms with van der Waals surface area (Å²) in [6.07, 6.45) is 1.56. The van der Waals surface area contributed by atoms with Gasteiger partial charge in [0.25, 0.3) is 5.91 Å². The van der Waals surface area contributed by atoms with Crippen LogP contribution in [0.4, 0.5) is 0 Å². The third-order valence-corrected chi connectivity index (χ3v) is 3.94. The molecule has 0 fully saturated rings. The molecule has 0 saturated carbocycles. The molecule has 0 aliphatic rings. The van der Waals surface area contributed by atoms with E-state index in [2.05, 4.69) is 10.5 Å². The summed E-state index contributed by atoms with van der Waals surface area (Å²) in [5.74, 6) is 1.00. The third-order valence-electron chi connectivity index (χ3n) is 3.94. The average Bonchev–Trinajstić information content (AvgIpc) is 2.73. The lowest BCUT2D eigenvalue weighted by molar-refractivity contribution is -0.123. The number of aryl methyl sites for hydroxylation is 1. The van der Waals surface area contributed by atoms with Gasteiger partial charge in [-0.3, -0.25) is 4.79 Å². The molecule has 0 saturated heterocycles. The fraction of sp³-hybridized carbons (Fsp3) is 0.130. The van der Waals surface area contributed by atoms with Crippen molar-refractivity contribution in [2.24, 2.45) is 5.10 Å². The van der Waals surface area contributed by atoms with Crippen molar-refractivity contribution in [2.75, 3.05) is 6.61 Å². The average molecular weight is 374 g/mol. The Balaban J connectivity index is 1.50. The Morgan fingerprint density at radius 2 is 1.64 bits per heavy atom. The molecular formula is C23H22N2O3. The zero-order valence-electron chi connectivity index (χ0n) is 15.7. The number of hydrogen-bond acceptors (Lipinski definition) is 4. The molecule has 28 heavy (non-hydrogen) atoms. The first-order valence-electron chi connectivity index (χ1n) is 8.98. The van der Waals surface area contributed by atoms with E-state index in [9.17, 15) is 4.79 Å². The van der Waals surface area contributed by atoms with Crippen LogP contribution in [0.2, 0.25) is 0 Å². The number of carbonyl (C=O) groups excluding carboxylic acids is 1. The Kier molecular flexibility index (Phi) is 6.79. The molecule has 0 heterocycles. The molecule has 0 spiro atoms. The van der Waals surface area contributed by atoms with Gasteiger partial charge in [0.2, 0.25) is 0 Å². The number of amides is 1. The fourth-order valence-corrected chi connectivity index (χ4v) is 2.44. The number of nitrogens with zero attached hydrogens (tertiary/aromatic N) is 1. The molecule has 3 rings (SSSR count). The summed E-state index contributed by atoms with van der Waals surface area (Å²) in [4.78, 5) is 11.9. The molecule has 1 N–H and O–H groups in total. The largest absolute Gasteiger partial charge is 0.488 e. The van der Waals surface area contributed by atoms with Gasteiger partial charge in [-0.2, -0.15) is 5.10 Å². The summed E-state index contributed by atoms with van der Waals surface area (Å²) in [5, 5.41) is 4.00. The third kappa shape index (κ3) is 5.99. The van der Waals surface area contributed by atoms with Crippen molar-refractivity contribution in [2.45, 2.75) is 13.5 Å². The van der Waals surface area contributed by atoms with Gasteiger partial charge in [0, 0.05) is 5.56 Å². The van der Waals surface area contributed by atoms with Crippen LogP contribution >= 0.6 is 0 Å². The Hall–Kier alpha value is -3.60. The Labute approximate surface area is 164 Å². The molecule has 0 bridgehead atoms. The van der Waals surface area contributed by atoms with Gasteiger partial charge < -0.3 is 9.47 Å². The Morgan fingerprint density at radius 1 is 0.929 bits per heavy atom. The van der Waals surface area contributed by atoms with Crippen molar-refractivity contribution in [1.29, 1.82) is 0 Å². The molecule has 0 aliphatic carbocycles. The number of benzene rings is 3. The molecule has 0 atom stereocenters. The predicted molar refractivity (Wildman–Crippen MR) is 110 cm³/mol. The van der Waals surface area contributed by atoms with Crippen LogP contribution in [0.25, 0.3) is 0 Å². The standard InChI is InChI=1S/C23H22N2O3/c1-18-11-13-21(14-12-18)27-17-23(26)25-24-15-20-9-5-6-10-22(20)28-16-19-7-3-2-4-8-19/h2-15H,16-17H2,1H3,(H,25,26). The molecule has 3 aromatic rings. The van der Waals surface area contributed by atoms with Crippen LogP contribution in [0, 0.1) is 6.92 Å². The van der Waals surface area contributed by atoms with Gasteiger partial charge in [-0.1, -0.05) is 60.2 Å². The number of hydrogen-bond donors (Lipinski definition) is 1. The van der Waals surface area contributed by atoms with Crippen molar-refractivity contribution >= 4 is 12.1 Å². The maximum atomic E-state index is 11.9. The van der Waals surface area contributed by atoms with Gasteiger partial charge in [0.05, 0.1) is 6.21 Å². The van der Waals surface area contributed by atoms with Crippen LogP contribution in [0.1, 0.15) is 16.7 Å². The molecular weight excluding hydrogens is 352 g/mol. The highest BCUT2D eigenvalue weighted by Gasteiger charge is 2.03. The molecule has 0 aliphatic heterocycles. The van der Waals surface area contributed by atoms with E-state index in [1.165, 1.54) is 0 Å². The second-order valence-electron chi connectivity index (χ2n) is 6.21. The first kappa shape index (κ1) is 19.2. The molecule has 3 aromatic carbocycles. The fourth-order valence-electron chi connectivity index (χ4n) is 2.44. The smallest absolute Gasteiger partial charge is 0.277 e. The van der Waals surface area contributed by atoms with Crippen molar-refractivity contribution in [3.8, 4) is 11.5 Å². The second-order valence-corrected chi connectivity index (χ2v) is 6.21. The molecule has 5 heteroatoms. The number of carbonyl (C=O) groups is 1. The van der Waals surface area contributed by atoms with Crippen molar-refractivity contribution < 1.29 is 14.3 Å². The van der Waals surface area contributed by atoms with Crippen LogP contribution in [-0.2, 0) is 11.4 Å². The lowest BCUT2D eigenvalue weighted by Gasteiger charge is -2.09. The SMILES string of the molecule is Cc1ccc(OCC(=O)NN=Cc2ccccc2OCc2ccccc2)cc1. The van der Waals surface area contributed by atoms with E-state index in [0.29, 0.717) is 18.1 Å². The Morgan fingerprint density at radius 3 is 2.43 bits per heavy atom. The topological polar surface area (TPSA) is 59.9 Å². The minimum Gasteiger partial charge on any atom is -0.488 e. The molecule has 0 unspecified atom stereocenters. The summed E-state index contributed by atoms with van der Waals surface area (Å²) >= 11 is 0. The number of para-hydroxylation sites is 1. The highest BCUT2D eigenvalue weighted by Crippen LogP contribution is 2.17.